The standard InChI is InChI=1S/2C12H10F2N.2C5H5.Ti/c2*13-11-4-3-10(12(14)9-11)5-8-15-6-1-2-7-15;2*1-2-4-5-3-1;/h2*1-4,6-7H,5,8H2;2*1-3H,4H2;. The molecule has 2 aromatic carbocycles. The Labute approximate surface area is 241 Å². The summed E-state index contributed by atoms with van der Waals surface area (Å²) in [6.07, 6.45) is 20.1. The molecule has 0 amide bonds. The molecule has 4 aromatic rings. The molecule has 0 fully saturated rings. The van der Waals surface area contributed by atoms with Gasteiger partial charge in [-0.3, -0.25) is 0 Å². The summed E-state index contributed by atoms with van der Waals surface area (Å²) in [5.41, 5.74) is 0.681. The van der Waals surface area contributed by atoms with E-state index < -0.39 is 39.9 Å². The maximum absolute atomic E-state index is 16.8. The quantitative estimate of drug-likeness (QED) is 0.138. The molecular weight excluding hydrogens is 560 g/mol. The molecule has 6 rings (SSSR count). The molecule has 0 unspecified atom stereocenters. The Morgan fingerprint density at radius 3 is 1.37 bits per heavy atom. The first-order valence-corrected chi connectivity index (χ1v) is 17.0. The van der Waals surface area contributed by atoms with E-state index in [0.29, 0.717) is 49.9 Å². The molecule has 2 nitrogen and oxygen atoms in total. The monoisotopic (exact) mass is 590 g/mol. The van der Waals surface area contributed by atoms with E-state index in [0.717, 1.165) is 7.76 Å². The molecule has 0 N–H and O–H groups in total. The summed E-state index contributed by atoms with van der Waals surface area (Å²) in [5.74, 6) is -2.86. The first kappa shape index (κ1) is 27.6. The van der Waals surface area contributed by atoms with Crippen LogP contribution in [0.5, 0.6) is 0 Å². The fraction of sp³-hybridized carbons (Fsp3) is 0.176. The van der Waals surface area contributed by atoms with Gasteiger partial charge in [-0.15, -0.1) is 0 Å². The van der Waals surface area contributed by atoms with Crippen molar-refractivity contribution in [2.45, 2.75) is 38.8 Å². The second-order valence-corrected chi connectivity index (χ2v) is 16.4. The molecule has 2 aromatic heterocycles. The molecule has 7 heteroatoms. The fourth-order valence-corrected chi connectivity index (χ4v) is 14.6. The summed E-state index contributed by atoms with van der Waals surface area (Å²) in [5, 5.41) is 0. The zero-order chi connectivity index (χ0) is 28.4. The molecule has 2 heterocycles. The van der Waals surface area contributed by atoms with E-state index in [9.17, 15) is 0 Å². The third-order valence-corrected chi connectivity index (χ3v) is 16.1. The summed E-state index contributed by atoms with van der Waals surface area (Å²) < 4.78 is 71.0. The molecule has 2 aliphatic carbocycles. The normalized spacial score (nSPS) is 14.6. The summed E-state index contributed by atoms with van der Waals surface area (Å²) >= 11 is -4.81. The molecule has 208 valence electrons. The fourth-order valence-electron chi connectivity index (χ4n) is 6.23. The van der Waals surface area contributed by atoms with E-state index >= 15 is 17.6 Å². The van der Waals surface area contributed by atoms with Crippen LogP contribution >= 0.6 is 0 Å². The first-order chi connectivity index (χ1) is 20.0. The predicted octanol–water partition coefficient (Wildman–Crippen LogP) is 7.12. The van der Waals surface area contributed by atoms with Crippen LogP contribution in [0.2, 0.25) is 0 Å². The SMILES string of the molecule is Fc1ccc(CCn2cccc2)c(F)[c]1[Ti]([C]1=CC=CC1)([C]1=CC=CC1)[c]1c(F)ccc(CCn2cccc2)c1F. The van der Waals surface area contributed by atoms with Gasteiger partial charge in [0.25, 0.3) is 0 Å². The van der Waals surface area contributed by atoms with Crippen LogP contribution in [0.3, 0.4) is 0 Å². The van der Waals surface area contributed by atoms with Gasteiger partial charge in [0, 0.05) is 0 Å². The molecular formula is C34H30F4N2Ti. The van der Waals surface area contributed by atoms with Crippen molar-refractivity contribution in [2.75, 3.05) is 0 Å². The van der Waals surface area contributed by atoms with Crippen LogP contribution in [0.25, 0.3) is 0 Å². The Bertz CT molecular complexity index is 1550. The number of nitrogens with zero attached hydrogens (tertiary/aromatic N) is 2. The Hall–Kier alpha value is -3.61. The van der Waals surface area contributed by atoms with Crippen LogP contribution in [0.1, 0.15) is 24.0 Å². The number of allylic oxidation sites excluding steroid dienone is 8. The molecule has 0 bridgehead atoms. The molecule has 0 aliphatic heterocycles. The van der Waals surface area contributed by atoms with Crippen molar-refractivity contribution >= 4 is 7.74 Å². The Morgan fingerprint density at radius 2 is 1.00 bits per heavy atom. The van der Waals surface area contributed by atoms with Gasteiger partial charge in [-0.05, 0) is 0 Å². The van der Waals surface area contributed by atoms with Crippen LogP contribution in [0.15, 0.2) is 118 Å². The molecule has 0 saturated carbocycles. The zero-order valence-corrected chi connectivity index (χ0v) is 24.1. The maximum atomic E-state index is 16.8. The Morgan fingerprint density at radius 1 is 0.585 bits per heavy atom. The molecule has 0 spiro atoms. The molecule has 2 aliphatic rings. The van der Waals surface area contributed by atoms with E-state index in [4.69, 9.17) is 0 Å². The van der Waals surface area contributed by atoms with E-state index in [1.54, 1.807) is 0 Å². The van der Waals surface area contributed by atoms with Crippen LogP contribution < -0.4 is 7.74 Å². The van der Waals surface area contributed by atoms with Crippen LogP contribution in [-0.4, -0.2) is 9.13 Å². The third kappa shape index (κ3) is 5.04. The number of aryl methyl sites for hydroxylation is 4. The predicted molar refractivity (Wildman–Crippen MR) is 152 cm³/mol. The molecule has 0 saturated heterocycles. The van der Waals surface area contributed by atoms with Gasteiger partial charge in [0.15, 0.2) is 0 Å². The second-order valence-electron chi connectivity index (χ2n) is 10.5. The van der Waals surface area contributed by atoms with Crippen molar-refractivity contribution in [2.24, 2.45) is 0 Å². The van der Waals surface area contributed by atoms with Gasteiger partial charge in [-0.1, -0.05) is 0 Å². The van der Waals surface area contributed by atoms with Crippen molar-refractivity contribution in [3.8, 4) is 0 Å². The van der Waals surface area contributed by atoms with Crippen molar-refractivity contribution in [1.29, 1.82) is 0 Å². The van der Waals surface area contributed by atoms with Crippen molar-refractivity contribution in [1.82, 2.24) is 9.13 Å². The van der Waals surface area contributed by atoms with Gasteiger partial charge in [-0.2, -0.15) is 0 Å². The van der Waals surface area contributed by atoms with E-state index in [1.165, 1.54) is 24.3 Å². The van der Waals surface area contributed by atoms with E-state index in [1.807, 2.05) is 94.6 Å². The van der Waals surface area contributed by atoms with Crippen LogP contribution in [-0.2, 0) is 42.5 Å². The van der Waals surface area contributed by atoms with Gasteiger partial charge in [0.2, 0.25) is 0 Å². The minimum absolute atomic E-state index is 0.139. The van der Waals surface area contributed by atoms with E-state index in [-0.39, 0.29) is 7.74 Å². The van der Waals surface area contributed by atoms with Gasteiger partial charge in [0.1, 0.15) is 0 Å². The topological polar surface area (TPSA) is 9.86 Å². The van der Waals surface area contributed by atoms with Gasteiger partial charge in [0.05, 0.1) is 0 Å². The minimum atomic E-state index is -4.81. The molecule has 0 atom stereocenters. The summed E-state index contributed by atoms with van der Waals surface area (Å²) in [6, 6.07) is 13.0. The summed E-state index contributed by atoms with van der Waals surface area (Å²) in [4.78, 5) is 0. The third-order valence-electron chi connectivity index (χ3n) is 8.21. The average Bonchev–Trinajstić information content (AvgIpc) is 3.80. The Balaban J connectivity index is 1.57. The average molecular weight is 590 g/mol. The van der Waals surface area contributed by atoms with Gasteiger partial charge in [-0.25, -0.2) is 0 Å². The molecule has 41 heavy (non-hydrogen) atoms. The number of hydrogen-bond acceptors (Lipinski definition) is 0. The van der Waals surface area contributed by atoms with Gasteiger partial charge >= 0.3 is 242 Å². The number of rotatable bonds is 10. The summed E-state index contributed by atoms with van der Waals surface area (Å²) in [6.45, 7) is 1.00. The van der Waals surface area contributed by atoms with Crippen LogP contribution in [0.4, 0.5) is 17.6 Å². The van der Waals surface area contributed by atoms with E-state index in [2.05, 4.69) is 0 Å². The summed E-state index contributed by atoms with van der Waals surface area (Å²) in [7, 11) is 0. The van der Waals surface area contributed by atoms with Crippen molar-refractivity contribution in [3.63, 3.8) is 0 Å². The number of hydrogen-bond donors (Lipinski definition) is 0. The van der Waals surface area contributed by atoms with Crippen molar-refractivity contribution in [3.05, 3.63) is 152 Å². The zero-order valence-electron chi connectivity index (χ0n) is 22.5. The Kier molecular flexibility index (Phi) is 7.87. The van der Waals surface area contributed by atoms with Gasteiger partial charge < -0.3 is 0 Å². The molecule has 0 radical (unpaired) electrons. The number of aromatic nitrogens is 2. The van der Waals surface area contributed by atoms with Crippen molar-refractivity contribution < 1.29 is 34.2 Å². The number of benzene rings is 2. The number of halogens is 4. The first-order valence-electron chi connectivity index (χ1n) is 13.9. The second kappa shape index (κ2) is 11.7. The van der Waals surface area contributed by atoms with Crippen LogP contribution in [0, 0.1) is 23.3 Å².